The topological polar surface area (TPSA) is 99.5 Å². The number of aromatic nitrogens is 4. The van der Waals surface area contributed by atoms with Gasteiger partial charge in [0.2, 0.25) is 5.91 Å². The molecule has 0 aromatic carbocycles. The van der Waals surface area contributed by atoms with E-state index in [-0.39, 0.29) is 18.1 Å². The lowest BCUT2D eigenvalue weighted by Gasteiger charge is -2.41. The van der Waals surface area contributed by atoms with Crippen LogP contribution in [0, 0.1) is 13.8 Å². The molecule has 0 bridgehead atoms. The molecular weight excluding hydrogens is 360 g/mol. The van der Waals surface area contributed by atoms with Crippen molar-refractivity contribution in [3.63, 3.8) is 0 Å². The van der Waals surface area contributed by atoms with Gasteiger partial charge in [-0.15, -0.1) is 0 Å². The number of carbonyl (C=O) groups is 2. The zero-order valence-electron chi connectivity index (χ0n) is 16.3. The molecule has 1 atom stereocenters. The van der Waals surface area contributed by atoms with Gasteiger partial charge < -0.3 is 10.2 Å². The van der Waals surface area contributed by atoms with Crippen LogP contribution in [-0.2, 0) is 4.79 Å². The van der Waals surface area contributed by atoms with Crippen LogP contribution in [0.5, 0.6) is 0 Å². The van der Waals surface area contributed by atoms with Gasteiger partial charge in [-0.2, -0.15) is 5.10 Å². The number of nitrogens with zero attached hydrogens (tertiary/aromatic N) is 7. The molecule has 0 spiro atoms. The van der Waals surface area contributed by atoms with Gasteiger partial charge in [0.05, 0.1) is 18.3 Å². The lowest BCUT2D eigenvalue weighted by Crippen LogP contribution is -2.62. The van der Waals surface area contributed by atoms with Gasteiger partial charge in [0.15, 0.2) is 5.82 Å². The number of rotatable bonds is 3. The fraction of sp³-hybridized carbons (Fsp3) is 0.500. The summed E-state index contributed by atoms with van der Waals surface area (Å²) in [5.41, 5.74) is 1.97. The first kappa shape index (κ1) is 18.4. The van der Waals surface area contributed by atoms with E-state index in [1.807, 2.05) is 30.7 Å². The molecule has 148 valence electrons. The van der Waals surface area contributed by atoms with Crippen molar-refractivity contribution in [1.82, 2.24) is 34.9 Å². The summed E-state index contributed by atoms with van der Waals surface area (Å²) >= 11 is 0. The van der Waals surface area contributed by atoms with Crippen LogP contribution < -0.4 is 10.2 Å². The minimum atomic E-state index is -0.339. The van der Waals surface area contributed by atoms with E-state index in [9.17, 15) is 9.59 Å². The number of piperazine rings is 1. The zero-order valence-corrected chi connectivity index (χ0v) is 16.3. The second kappa shape index (κ2) is 7.19. The first-order valence-corrected chi connectivity index (χ1v) is 9.34. The summed E-state index contributed by atoms with van der Waals surface area (Å²) in [6.07, 6.45) is 1.62. The van der Waals surface area contributed by atoms with E-state index in [0.717, 1.165) is 54.1 Å². The van der Waals surface area contributed by atoms with Crippen LogP contribution in [0.25, 0.3) is 5.82 Å². The molecule has 0 radical (unpaired) electrons. The smallest absolute Gasteiger partial charge is 0.325 e. The van der Waals surface area contributed by atoms with Crippen molar-refractivity contribution in [2.75, 3.05) is 38.1 Å². The average Bonchev–Trinajstić information content (AvgIpc) is 3.04. The van der Waals surface area contributed by atoms with Gasteiger partial charge in [-0.1, -0.05) is 0 Å². The summed E-state index contributed by atoms with van der Waals surface area (Å²) in [6.45, 7) is 6.94. The van der Waals surface area contributed by atoms with Crippen molar-refractivity contribution in [2.24, 2.45) is 0 Å². The Balaban J connectivity index is 1.43. The zero-order chi connectivity index (χ0) is 19.8. The summed E-state index contributed by atoms with van der Waals surface area (Å²) in [5.74, 6) is 1.44. The Morgan fingerprint density at radius 1 is 1.04 bits per heavy atom. The number of imide groups is 1. The standard InChI is InChI=1S/C18H24N8O2/c1-12-8-13(2)26(22-12)15-9-14(19-11-20-15)24-4-6-25(7-5-24)16-10-17(27)23(3)18(28)21-16/h8-9,11,16H,4-7,10H2,1-3H3,(H,21,28). The van der Waals surface area contributed by atoms with Crippen molar-refractivity contribution >= 4 is 17.8 Å². The number of anilines is 1. The molecule has 4 heterocycles. The Kier molecular flexibility index (Phi) is 4.71. The summed E-state index contributed by atoms with van der Waals surface area (Å²) in [4.78, 5) is 38.1. The Labute approximate surface area is 163 Å². The van der Waals surface area contributed by atoms with E-state index in [1.54, 1.807) is 6.33 Å². The molecule has 1 N–H and O–H groups in total. The van der Waals surface area contributed by atoms with Gasteiger partial charge in [-0.3, -0.25) is 14.6 Å². The molecular formula is C18H24N8O2. The van der Waals surface area contributed by atoms with Crippen molar-refractivity contribution in [3.05, 3.63) is 29.8 Å². The quantitative estimate of drug-likeness (QED) is 0.812. The van der Waals surface area contributed by atoms with Crippen molar-refractivity contribution in [1.29, 1.82) is 0 Å². The predicted molar refractivity (Wildman–Crippen MR) is 102 cm³/mol. The molecule has 1 unspecified atom stereocenters. The largest absolute Gasteiger partial charge is 0.354 e. The molecule has 10 heteroatoms. The van der Waals surface area contributed by atoms with Gasteiger partial charge >= 0.3 is 6.03 Å². The summed E-state index contributed by atoms with van der Waals surface area (Å²) in [5, 5.41) is 7.38. The number of hydrogen-bond acceptors (Lipinski definition) is 7. The van der Waals surface area contributed by atoms with Crippen molar-refractivity contribution in [3.8, 4) is 5.82 Å². The third-order valence-corrected chi connectivity index (χ3v) is 5.28. The normalized spacial score (nSPS) is 21.2. The Morgan fingerprint density at radius 3 is 2.39 bits per heavy atom. The van der Waals surface area contributed by atoms with Crippen LogP contribution >= 0.6 is 0 Å². The maximum Gasteiger partial charge on any atom is 0.325 e. The summed E-state index contributed by atoms with van der Waals surface area (Å²) < 4.78 is 1.82. The van der Waals surface area contributed by atoms with Crippen LogP contribution in [0.15, 0.2) is 18.5 Å². The Morgan fingerprint density at radius 2 is 1.75 bits per heavy atom. The first-order valence-electron chi connectivity index (χ1n) is 9.34. The van der Waals surface area contributed by atoms with E-state index in [1.165, 1.54) is 7.05 Å². The Bertz CT molecular complexity index is 885. The maximum atomic E-state index is 11.9. The molecule has 2 fully saturated rings. The SMILES string of the molecule is Cc1cc(C)n(-c2cc(N3CCN(C4CC(=O)N(C)C(=O)N4)CC3)ncn2)n1. The second-order valence-electron chi connectivity index (χ2n) is 7.22. The molecule has 4 rings (SSSR count). The number of carbonyl (C=O) groups excluding carboxylic acids is 2. The summed E-state index contributed by atoms with van der Waals surface area (Å²) in [7, 11) is 1.50. The molecule has 2 aliphatic heterocycles. The maximum absolute atomic E-state index is 11.9. The second-order valence-corrected chi connectivity index (χ2v) is 7.22. The molecule has 2 saturated heterocycles. The third kappa shape index (κ3) is 3.42. The van der Waals surface area contributed by atoms with Crippen molar-refractivity contribution < 1.29 is 9.59 Å². The number of aryl methyl sites for hydroxylation is 2. The van der Waals surface area contributed by atoms with Crippen LogP contribution in [-0.4, -0.2) is 80.9 Å². The van der Waals surface area contributed by atoms with E-state index in [0.29, 0.717) is 6.42 Å². The monoisotopic (exact) mass is 384 g/mol. The van der Waals surface area contributed by atoms with E-state index in [4.69, 9.17) is 0 Å². The molecule has 10 nitrogen and oxygen atoms in total. The minimum Gasteiger partial charge on any atom is -0.354 e. The molecule has 2 aromatic rings. The van der Waals surface area contributed by atoms with Gasteiger partial charge in [-0.05, 0) is 19.9 Å². The highest BCUT2D eigenvalue weighted by Crippen LogP contribution is 2.19. The molecule has 3 amide bonds. The molecule has 0 aliphatic carbocycles. The highest BCUT2D eigenvalue weighted by Gasteiger charge is 2.34. The van der Waals surface area contributed by atoms with Crippen LogP contribution in [0.2, 0.25) is 0 Å². The van der Waals surface area contributed by atoms with Crippen LogP contribution in [0.3, 0.4) is 0 Å². The molecule has 0 saturated carbocycles. The lowest BCUT2D eigenvalue weighted by molar-refractivity contribution is -0.130. The minimum absolute atomic E-state index is 0.151. The van der Waals surface area contributed by atoms with Crippen LogP contribution in [0.1, 0.15) is 17.8 Å². The lowest BCUT2D eigenvalue weighted by atomic mass is 10.2. The van der Waals surface area contributed by atoms with Gasteiger partial charge in [0.1, 0.15) is 12.1 Å². The third-order valence-electron chi connectivity index (χ3n) is 5.28. The predicted octanol–water partition coefficient (Wildman–Crippen LogP) is 0.299. The van der Waals surface area contributed by atoms with Crippen molar-refractivity contribution in [2.45, 2.75) is 26.4 Å². The molecule has 2 aliphatic rings. The number of nitrogens with one attached hydrogen (secondary N) is 1. The van der Waals surface area contributed by atoms with E-state index < -0.39 is 0 Å². The number of urea groups is 1. The van der Waals surface area contributed by atoms with Crippen LogP contribution in [0.4, 0.5) is 10.6 Å². The fourth-order valence-electron chi connectivity index (χ4n) is 3.68. The van der Waals surface area contributed by atoms with Gasteiger partial charge in [-0.25, -0.2) is 19.4 Å². The van der Waals surface area contributed by atoms with E-state index >= 15 is 0 Å². The number of amides is 3. The highest BCUT2D eigenvalue weighted by atomic mass is 16.2. The van der Waals surface area contributed by atoms with Gasteiger partial charge in [0.25, 0.3) is 0 Å². The first-order chi connectivity index (χ1) is 13.4. The highest BCUT2D eigenvalue weighted by molar-refractivity contribution is 5.96. The molecule has 2 aromatic heterocycles. The molecule has 28 heavy (non-hydrogen) atoms. The Hall–Kier alpha value is -3.01. The van der Waals surface area contributed by atoms with Gasteiger partial charge in [0, 0.05) is 45.0 Å². The number of hydrogen-bond donors (Lipinski definition) is 1. The van der Waals surface area contributed by atoms with E-state index in [2.05, 4.69) is 30.2 Å². The summed E-state index contributed by atoms with van der Waals surface area (Å²) in [6, 6.07) is 3.61. The average molecular weight is 384 g/mol. The fourth-order valence-corrected chi connectivity index (χ4v) is 3.68.